The van der Waals surface area contributed by atoms with E-state index in [0.717, 1.165) is 15.7 Å². The van der Waals surface area contributed by atoms with E-state index in [-0.39, 0.29) is 6.04 Å². The van der Waals surface area contributed by atoms with Crippen LogP contribution in [0.25, 0.3) is 0 Å². The Hall–Kier alpha value is -0.610. The van der Waals surface area contributed by atoms with Crippen LogP contribution in [0, 0.1) is 0 Å². The number of pyridine rings is 1. The van der Waals surface area contributed by atoms with E-state index in [4.69, 9.17) is 28.9 Å². The number of nitrogens with zero attached hydrogens (tertiary/aromatic N) is 1. The SMILES string of the molecule is NC(c1ccc(Br)cn1)c1cccc(Cl)c1Cl. The molecule has 0 aliphatic heterocycles. The lowest BCUT2D eigenvalue weighted by molar-refractivity contribution is 0.828. The third-order valence-corrected chi connectivity index (χ3v) is 3.69. The zero-order chi connectivity index (χ0) is 12.4. The molecule has 17 heavy (non-hydrogen) atoms. The molecule has 0 aliphatic rings. The molecule has 0 bridgehead atoms. The van der Waals surface area contributed by atoms with Gasteiger partial charge in [0.1, 0.15) is 0 Å². The topological polar surface area (TPSA) is 38.9 Å². The van der Waals surface area contributed by atoms with Crippen LogP contribution in [0.3, 0.4) is 0 Å². The molecule has 0 aliphatic carbocycles. The van der Waals surface area contributed by atoms with E-state index >= 15 is 0 Å². The van der Waals surface area contributed by atoms with Crippen molar-refractivity contribution in [1.29, 1.82) is 0 Å². The first kappa shape index (κ1) is 12.8. The Morgan fingerprint density at radius 2 is 1.94 bits per heavy atom. The van der Waals surface area contributed by atoms with Gasteiger partial charge in [-0.3, -0.25) is 4.98 Å². The van der Waals surface area contributed by atoms with Crippen LogP contribution >= 0.6 is 39.1 Å². The molecule has 0 saturated carbocycles. The van der Waals surface area contributed by atoms with Crippen LogP contribution in [0.2, 0.25) is 10.0 Å². The van der Waals surface area contributed by atoms with Crippen LogP contribution in [-0.2, 0) is 0 Å². The van der Waals surface area contributed by atoms with Crippen LogP contribution in [0.5, 0.6) is 0 Å². The Morgan fingerprint density at radius 1 is 1.18 bits per heavy atom. The largest absolute Gasteiger partial charge is 0.319 e. The van der Waals surface area contributed by atoms with E-state index in [2.05, 4.69) is 20.9 Å². The molecule has 1 unspecified atom stereocenters. The van der Waals surface area contributed by atoms with Gasteiger partial charge in [-0.1, -0.05) is 35.3 Å². The fourth-order valence-corrected chi connectivity index (χ4v) is 2.15. The average molecular weight is 332 g/mol. The van der Waals surface area contributed by atoms with Crippen molar-refractivity contribution < 1.29 is 0 Å². The van der Waals surface area contributed by atoms with Crippen molar-refractivity contribution in [2.75, 3.05) is 0 Å². The minimum Gasteiger partial charge on any atom is -0.319 e. The molecule has 1 heterocycles. The maximum atomic E-state index is 6.12. The predicted molar refractivity (Wildman–Crippen MR) is 74.4 cm³/mol. The van der Waals surface area contributed by atoms with Gasteiger partial charge in [-0.2, -0.15) is 0 Å². The highest BCUT2D eigenvalue weighted by Crippen LogP contribution is 2.31. The van der Waals surface area contributed by atoms with E-state index in [1.807, 2.05) is 24.3 Å². The Bertz CT molecular complexity index is 529. The lowest BCUT2D eigenvalue weighted by Crippen LogP contribution is -2.13. The fourth-order valence-electron chi connectivity index (χ4n) is 1.49. The fraction of sp³-hybridized carbons (Fsp3) is 0.0833. The summed E-state index contributed by atoms with van der Waals surface area (Å²) in [5, 5.41) is 0.975. The van der Waals surface area contributed by atoms with Gasteiger partial charge in [0, 0.05) is 10.7 Å². The van der Waals surface area contributed by atoms with E-state index in [1.165, 1.54) is 0 Å². The van der Waals surface area contributed by atoms with Gasteiger partial charge in [-0.25, -0.2) is 0 Å². The van der Waals surface area contributed by atoms with Crippen molar-refractivity contribution in [2.24, 2.45) is 5.73 Å². The number of halogens is 3. The molecule has 88 valence electrons. The first-order valence-electron chi connectivity index (χ1n) is 4.90. The molecule has 0 amide bonds. The number of nitrogens with two attached hydrogens (primary N) is 1. The summed E-state index contributed by atoms with van der Waals surface area (Å²) in [4.78, 5) is 4.25. The molecule has 1 aromatic heterocycles. The summed E-state index contributed by atoms with van der Waals surface area (Å²) in [7, 11) is 0. The van der Waals surface area contributed by atoms with Gasteiger partial charge >= 0.3 is 0 Å². The highest BCUT2D eigenvalue weighted by Gasteiger charge is 2.15. The summed E-state index contributed by atoms with van der Waals surface area (Å²) >= 11 is 15.4. The van der Waals surface area contributed by atoms with Crippen LogP contribution in [0.15, 0.2) is 41.0 Å². The third kappa shape index (κ3) is 2.80. The maximum absolute atomic E-state index is 6.12. The Balaban J connectivity index is 2.40. The molecule has 1 aromatic carbocycles. The summed E-state index contributed by atoms with van der Waals surface area (Å²) in [5.74, 6) is 0. The maximum Gasteiger partial charge on any atom is 0.0741 e. The molecule has 2 N–H and O–H groups in total. The van der Waals surface area contributed by atoms with Crippen LogP contribution in [-0.4, -0.2) is 4.98 Å². The zero-order valence-electron chi connectivity index (χ0n) is 8.70. The Morgan fingerprint density at radius 3 is 2.59 bits per heavy atom. The number of benzene rings is 1. The van der Waals surface area contributed by atoms with Crippen molar-refractivity contribution >= 4 is 39.1 Å². The van der Waals surface area contributed by atoms with E-state index in [0.29, 0.717) is 10.0 Å². The molecular weight excluding hydrogens is 323 g/mol. The van der Waals surface area contributed by atoms with Gasteiger partial charge in [0.25, 0.3) is 0 Å². The monoisotopic (exact) mass is 330 g/mol. The highest BCUT2D eigenvalue weighted by molar-refractivity contribution is 9.10. The molecule has 0 saturated heterocycles. The molecule has 0 fully saturated rings. The number of aromatic nitrogens is 1. The van der Waals surface area contributed by atoms with Crippen LogP contribution in [0.4, 0.5) is 0 Å². The number of hydrogen-bond donors (Lipinski definition) is 1. The second-order valence-corrected chi connectivity index (χ2v) is 5.22. The zero-order valence-corrected chi connectivity index (χ0v) is 11.8. The summed E-state index contributed by atoms with van der Waals surface area (Å²) in [6.07, 6.45) is 1.70. The van der Waals surface area contributed by atoms with Gasteiger partial charge < -0.3 is 5.73 Å². The molecular formula is C12H9BrCl2N2. The summed E-state index contributed by atoms with van der Waals surface area (Å²) < 4.78 is 0.908. The average Bonchev–Trinajstić information content (AvgIpc) is 2.33. The molecule has 0 radical (unpaired) electrons. The standard InChI is InChI=1S/C12H9BrCl2N2/c13-7-4-5-10(17-6-7)12(16)8-2-1-3-9(14)11(8)15/h1-6,12H,16H2. The molecule has 5 heteroatoms. The van der Waals surface area contributed by atoms with Crippen LogP contribution in [0.1, 0.15) is 17.3 Å². The van der Waals surface area contributed by atoms with Crippen molar-refractivity contribution in [1.82, 2.24) is 4.98 Å². The van der Waals surface area contributed by atoms with Gasteiger partial charge in [0.15, 0.2) is 0 Å². The summed E-state index contributed by atoms with van der Waals surface area (Å²) in [5.41, 5.74) is 7.63. The summed E-state index contributed by atoms with van der Waals surface area (Å²) in [6.45, 7) is 0. The number of rotatable bonds is 2. The molecule has 2 nitrogen and oxygen atoms in total. The van der Waals surface area contributed by atoms with E-state index < -0.39 is 0 Å². The van der Waals surface area contributed by atoms with Gasteiger partial charge in [0.05, 0.1) is 21.8 Å². The predicted octanol–water partition coefficient (Wildman–Crippen LogP) is 4.20. The van der Waals surface area contributed by atoms with Gasteiger partial charge in [0.2, 0.25) is 0 Å². The molecule has 2 rings (SSSR count). The molecule has 2 aromatic rings. The van der Waals surface area contributed by atoms with Crippen molar-refractivity contribution in [3.05, 3.63) is 62.3 Å². The van der Waals surface area contributed by atoms with Gasteiger partial charge in [-0.15, -0.1) is 0 Å². The lowest BCUT2D eigenvalue weighted by atomic mass is 10.0. The van der Waals surface area contributed by atoms with E-state index in [1.54, 1.807) is 12.3 Å². The minimum atomic E-state index is -0.380. The Kier molecular flexibility index (Phi) is 4.05. The third-order valence-electron chi connectivity index (χ3n) is 2.39. The second-order valence-electron chi connectivity index (χ2n) is 3.52. The second kappa shape index (κ2) is 5.36. The first-order valence-corrected chi connectivity index (χ1v) is 6.45. The van der Waals surface area contributed by atoms with Crippen molar-refractivity contribution in [2.45, 2.75) is 6.04 Å². The van der Waals surface area contributed by atoms with E-state index in [9.17, 15) is 0 Å². The van der Waals surface area contributed by atoms with Gasteiger partial charge in [-0.05, 0) is 39.7 Å². The van der Waals surface area contributed by atoms with Crippen LogP contribution < -0.4 is 5.73 Å². The molecule has 0 spiro atoms. The quantitative estimate of drug-likeness (QED) is 0.895. The summed E-state index contributed by atoms with van der Waals surface area (Å²) in [6, 6.07) is 8.77. The highest BCUT2D eigenvalue weighted by atomic mass is 79.9. The van der Waals surface area contributed by atoms with Crippen molar-refractivity contribution in [3.8, 4) is 0 Å². The minimum absolute atomic E-state index is 0.380. The number of hydrogen-bond acceptors (Lipinski definition) is 2. The smallest absolute Gasteiger partial charge is 0.0741 e. The first-order chi connectivity index (χ1) is 8.09. The van der Waals surface area contributed by atoms with Crippen molar-refractivity contribution in [3.63, 3.8) is 0 Å². The Labute approximate surface area is 118 Å². The normalized spacial score (nSPS) is 12.5. The molecule has 1 atom stereocenters. The lowest BCUT2D eigenvalue weighted by Gasteiger charge is -2.13.